The van der Waals surface area contributed by atoms with Gasteiger partial charge in [0.2, 0.25) is 0 Å². The molecule has 0 radical (unpaired) electrons. The third-order valence-corrected chi connectivity index (χ3v) is 20.6. The van der Waals surface area contributed by atoms with E-state index in [-0.39, 0.29) is 0 Å². The highest BCUT2D eigenvalue weighted by Crippen LogP contribution is 2.55. The van der Waals surface area contributed by atoms with Crippen molar-refractivity contribution in [1.29, 1.82) is 0 Å². The van der Waals surface area contributed by atoms with Gasteiger partial charge in [-0.25, -0.2) is 0 Å². The summed E-state index contributed by atoms with van der Waals surface area (Å²) in [6.45, 7) is 5.19. The van der Waals surface area contributed by atoms with E-state index in [1.54, 1.807) is 0 Å². The standard InChI is InChI=1S/C69H46Si/c1-70(2)64-37-45(44-28-27-42-35-41(25-26-43(42)36-44)40-13-3-4-14-40)29-30-50(64)61-38-62-63(39-65(61)70)69(60-34-32-58-49-18-8-6-16-47(49)52-22-12-24-56(60)67(52)58)54-20-10-9-19-53(54)68(62)59-33-31-57-48-17-7-5-15-46(48)51-21-11-23-55(59)66(51)57/h3-11,13,15-23,25-39H,12,14,24H2,1-2H3. The van der Waals surface area contributed by atoms with Gasteiger partial charge in [0.1, 0.15) is 8.07 Å². The number of benzene rings is 11. The van der Waals surface area contributed by atoms with E-state index in [1.165, 1.54) is 165 Å². The Labute approximate surface area is 409 Å². The summed E-state index contributed by atoms with van der Waals surface area (Å²) in [4.78, 5) is 0. The van der Waals surface area contributed by atoms with Crippen molar-refractivity contribution < 1.29 is 0 Å². The van der Waals surface area contributed by atoms with Gasteiger partial charge in [0.25, 0.3) is 0 Å². The molecule has 0 unspecified atom stereocenters. The first-order chi connectivity index (χ1) is 34.5. The van der Waals surface area contributed by atoms with Crippen LogP contribution in [0.15, 0.2) is 206 Å². The molecule has 0 atom stereocenters. The maximum absolute atomic E-state index is 2.69. The van der Waals surface area contributed by atoms with Crippen LogP contribution >= 0.6 is 0 Å². The second-order valence-corrected chi connectivity index (χ2v) is 25.2. The van der Waals surface area contributed by atoms with Gasteiger partial charge >= 0.3 is 0 Å². The van der Waals surface area contributed by atoms with Crippen LogP contribution in [-0.2, 0) is 6.42 Å². The molecule has 0 nitrogen and oxygen atoms in total. The third-order valence-electron chi connectivity index (χ3n) is 17.1. The predicted molar refractivity (Wildman–Crippen MR) is 302 cm³/mol. The van der Waals surface area contributed by atoms with E-state index in [9.17, 15) is 0 Å². The van der Waals surface area contributed by atoms with Crippen LogP contribution in [-0.4, -0.2) is 8.07 Å². The fourth-order valence-corrected chi connectivity index (χ4v) is 16.9. The van der Waals surface area contributed by atoms with E-state index in [0.29, 0.717) is 0 Å². The van der Waals surface area contributed by atoms with Gasteiger partial charge in [-0.1, -0.05) is 201 Å². The minimum atomic E-state index is -2.22. The summed E-state index contributed by atoms with van der Waals surface area (Å²) >= 11 is 0. The van der Waals surface area contributed by atoms with E-state index in [0.717, 1.165) is 19.3 Å². The van der Waals surface area contributed by atoms with Crippen molar-refractivity contribution in [2.75, 3.05) is 0 Å². The Hall–Kier alpha value is -8.10. The summed E-state index contributed by atoms with van der Waals surface area (Å²) in [6, 6.07) is 70.9. The number of allylic oxidation sites excluding steroid dienone is 5. The lowest BCUT2D eigenvalue weighted by Crippen LogP contribution is -2.49. The van der Waals surface area contributed by atoms with E-state index in [2.05, 4.69) is 219 Å². The second-order valence-electron chi connectivity index (χ2n) is 20.9. The first-order valence-corrected chi connectivity index (χ1v) is 28.2. The number of rotatable bonds is 4. The van der Waals surface area contributed by atoms with Crippen LogP contribution in [0.3, 0.4) is 0 Å². The fraction of sp³-hybridized carbons (Fsp3) is 0.0725. The largest absolute Gasteiger partial charge is 0.113 e. The zero-order chi connectivity index (χ0) is 46.0. The fourth-order valence-electron chi connectivity index (χ4n) is 13.8. The normalized spacial score (nSPS) is 15.1. The highest BCUT2D eigenvalue weighted by Gasteiger charge is 2.39. The van der Waals surface area contributed by atoms with Crippen LogP contribution < -0.4 is 10.4 Å². The van der Waals surface area contributed by atoms with Crippen molar-refractivity contribution >= 4 is 72.7 Å². The molecule has 5 aliphatic rings. The van der Waals surface area contributed by atoms with Crippen molar-refractivity contribution in [2.45, 2.75) is 32.4 Å². The molecule has 1 heterocycles. The Kier molecular flexibility index (Phi) is 7.77. The van der Waals surface area contributed by atoms with E-state index >= 15 is 0 Å². The van der Waals surface area contributed by atoms with Gasteiger partial charge in [0, 0.05) is 0 Å². The molecule has 1 aliphatic heterocycles. The molecule has 0 aromatic heterocycles. The monoisotopic (exact) mass is 902 g/mol. The molecule has 0 spiro atoms. The van der Waals surface area contributed by atoms with Gasteiger partial charge in [0.15, 0.2) is 0 Å². The molecule has 4 aliphatic carbocycles. The van der Waals surface area contributed by atoms with Gasteiger partial charge in [-0.15, -0.1) is 0 Å². The summed E-state index contributed by atoms with van der Waals surface area (Å²) in [5.74, 6) is 0. The van der Waals surface area contributed by atoms with E-state index in [1.807, 2.05) is 0 Å². The minimum absolute atomic E-state index is 1.01. The molecule has 0 saturated carbocycles. The maximum atomic E-state index is 2.69. The lowest BCUT2D eigenvalue weighted by Gasteiger charge is -2.25. The average Bonchev–Trinajstić information content (AvgIpc) is 4.19. The molecular formula is C69H46Si. The topological polar surface area (TPSA) is 0 Å². The number of hydrogen-bond acceptors (Lipinski definition) is 0. The van der Waals surface area contributed by atoms with E-state index in [4.69, 9.17) is 0 Å². The highest BCUT2D eigenvalue weighted by molar-refractivity contribution is 7.04. The molecular weight excluding hydrogens is 857 g/mol. The quantitative estimate of drug-likeness (QED) is 0.122. The van der Waals surface area contributed by atoms with Crippen molar-refractivity contribution in [3.8, 4) is 77.9 Å². The molecule has 0 saturated heterocycles. The smallest absolute Gasteiger partial charge is 0.0801 e. The zero-order valence-corrected chi connectivity index (χ0v) is 40.3. The predicted octanol–water partition coefficient (Wildman–Crippen LogP) is 17.5. The van der Waals surface area contributed by atoms with Crippen LogP contribution in [0.25, 0.3) is 132 Å². The van der Waals surface area contributed by atoms with Crippen LogP contribution in [0, 0.1) is 0 Å². The maximum Gasteiger partial charge on any atom is 0.113 e. The van der Waals surface area contributed by atoms with Gasteiger partial charge in [0.05, 0.1) is 0 Å². The Morgan fingerprint density at radius 1 is 0.386 bits per heavy atom. The molecule has 70 heavy (non-hydrogen) atoms. The molecule has 326 valence electrons. The van der Waals surface area contributed by atoms with E-state index < -0.39 is 8.07 Å². The van der Waals surface area contributed by atoms with Crippen LogP contribution in [0.2, 0.25) is 13.1 Å². The lowest BCUT2D eigenvalue weighted by molar-refractivity contribution is 0.985. The van der Waals surface area contributed by atoms with Crippen LogP contribution in [0.4, 0.5) is 0 Å². The van der Waals surface area contributed by atoms with Crippen molar-refractivity contribution in [1.82, 2.24) is 0 Å². The third kappa shape index (κ3) is 5.15. The molecule has 11 aromatic rings. The number of fused-ring (bicyclic) bond motifs is 12. The first-order valence-electron chi connectivity index (χ1n) is 25.2. The summed E-state index contributed by atoms with van der Waals surface area (Å²) < 4.78 is 0. The van der Waals surface area contributed by atoms with Crippen molar-refractivity contribution in [2.24, 2.45) is 0 Å². The SMILES string of the molecule is C[Si]1(C)c2cc(-c3ccc4cc(C5=CC=CC5)ccc4c3)ccc2-c2cc3c(-c4ccc5c6c(cccc46)-c4ccccc4-5)c4ccccc4c(-c4ccc5c6c4CCC=C6c4ccccc4-5)c3cc21. The minimum Gasteiger partial charge on any atom is -0.0801 e. The van der Waals surface area contributed by atoms with Gasteiger partial charge < -0.3 is 0 Å². The molecule has 0 N–H and O–H groups in total. The molecule has 0 amide bonds. The molecule has 16 rings (SSSR count). The molecule has 11 aromatic carbocycles. The summed E-state index contributed by atoms with van der Waals surface area (Å²) in [5.41, 5.74) is 27.4. The Balaban J connectivity index is 0.951. The lowest BCUT2D eigenvalue weighted by atomic mass is 9.79. The van der Waals surface area contributed by atoms with Crippen LogP contribution in [0.5, 0.6) is 0 Å². The zero-order valence-electron chi connectivity index (χ0n) is 39.3. The molecule has 0 bridgehead atoms. The highest BCUT2D eigenvalue weighted by atomic mass is 28.3. The Morgan fingerprint density at radius 2 is 0.957 bits per heavy atom. The summed E-state index contributed by atoms with van der Waals surface area (Å²) in [5, 5.41) is 13.7. The number of hydrogen-bond donors (Lipinski definition) is 0. The van der Waals surface area contributed by atoms with Crippen molar-refractivity contribution in [3.63, 3.8) is 0 Å². The van der Waals surface area contributed by atoms with Crippen molar-refractivity contribution in [3.05, 3.63) is 229 Å². The first kappa shape index (κ1) is 38.8. The summed E-state index contributed by atoms with van der Waals surface area (Å²) in [7, 11) is -2.22. The Bertz CT molecular complexity index is 4310. The second kappa shape index (κ2) is 14.0. The van der Waals surface area contributed by atoms with Crippen LogP contribution in [0.1, 0.15) is 35.1 Å². The Morgan fingerprint density at radius 3 is 1.74 bits per heavy atom. The average molecular weight is 903 g/mol. The molecule has 1 heteroatoms. The van der Waals surface area contributed by atoms with Gasteiger partial charge in [-0.05, 0) is 202 Å². The summed E-state index contributed by atoms with van der Waals surface area (Å²) in [6.07, 6.45) is 12.3. The van der Waals surface area contributed by atoms with Gasteiger partial charge in [-0.2, -0.15) is 0 Å². The molecule has 0 fully saturated rings. The van der Waals surface area contributed by atoms with Gasteiger partial charge in [-0.3, -0.25) is 0 Å².